The fourth-order valence-electron chi connectivity index (χ4n) is 3.28. The summed E-state index contributed by atoms with van der Waals surface area (Å²) in [7, 11) is 1.64. The zero-order valence-electron chi connectivity index (χ0n) is 17.4. The van der Waals surface area contributed by atoms with Crippen LogP contribution in [0.15, 0.2) is 71.9 Å². The van der Waals surface area contributed by atoms with Crippen LogP contribution in [0.25, 0.3) is 10.8 Å². The van der Waals surface area contributed by atoms with E-state index in [-0.39, 0.29) is 17.7 Å². The number of carbonyl (C=O) groups excluding carboxylic acids is 1. The molecule has 158 valence electrons. The predicted octanol–water partition coefficient (Wildman–Crippen LogP) is 3.85. The second kappa shape index (κ2) is 9.61. The minimum atomic E-state index is -0.0898. The molecule has 1 heterocycles. The molecule has 0 aliphatic rings. The van der Waals surface area contributed by atoms with Gasteiger partial charge in [-0.25, -0.2) is 4.68 Å². The summed E-state index contributed by atoms with van der Waals surface area (Å²) in [6.07, 6.45) is 0. The van der Waals surface area contributed by atoms with Crippen molar-refractivity contribution in [3.05, 3.63) is 77.9 Å². The van der Waals surface area contributed by atoms with Crippen LogP contribution in [0.3, 0.4) is 0 Å². The highest BCUT2D eigenvalue weighted by molar-refractivity contribution is 7.99. The topological polar surface area (TPSA) is 81.9 Å². The van der Waals surface area contributed by atoms with Gasteiger partial charge < -0.3 is 10.1 Å². The summed E-state index contributed by atoms with van der Waals surface area (Å²) >= 11 is 1.32. The second-order valence-corrected chi connectivity index (χ2v) is 8.09. The summed E-state index contributed by atoms with van der Waals surface area (Å²) < 4.78 is 6.87. The molecule has 31 heavy (non-hydrogen) atoms. The van der Waals surface area contributed by atoms with E-state index in [1.54, 1.807) is 11.8 Å². The van der Waals surface area contributed by atoms with Crippen LogP contribution in [0.1, 0.15) is 24.1 Å². The number of nitrogens with one attached hydrogen (secondary N) is 1. The van der Waals surface area contributed by atoms with Crippen molar-refractivity contribution in [1.29, 1.82) is 0 Å². The van der Waals surface area contributed by atoms with Crippen molar-refractivity contribution in [2.24, 2.45) is 0 Å². The first-order chi connectivity index (χ1) is 15.1. The van der Waals surface area contributed by atoms with Crippen LogP contribution in [-0.2, 0) is 11.3 Å². The van der Waals surface area contributed by atoms with E-state index in [0.29, 0.717) is 11.7 Å². The molecule has 0 saturated heterocycles. The predicted molar refractivity (Wildman–Crippen MR) is 121 cm³/mol. The van der Waals surface area contributed by atoms with Gasteiger partial charge in [0, 0.05) is 0 Å². The lowest BCUT2D eigenvalue weighted by Gasteiger charge is -2.15. The number of tetrazole rings is 1. The molecule has 8 heteroatoms. The van der Waals surface area contributed by atoms with Gasteiger partial charge in [0.05, 0.1) is 25.4 Å². The molecule has 1 amide bonds. The van der Waals surface area contributed by atoms with Gasteiger partial charge in [0.1, 0.15) is 5.75 Å². The summed E-state index contributed by atoms with van der Waals surface area (Å²) in [6, 6.07) is 22.1. The third-order valence-electron chi connectivity index (χ3n) is 4.97. The van der Waals surface area contributed by atoms with Gasteiger partial charge in [0.15, 0.2) is 0 Å². The smallest absolute Gasteiger partial charge is 0.230 e. The van der Waals surface area contributed by atoms with Gasteiger partial charge in [-0.15, -0.1) is 5.10 Å². The number of benzene rings is 3. The Balaban J connectivity index is 1.33. The number of rotatable bonds is 8. The number of fused-ring (bicyclic) bond motifs is 1. The maximum absolute atomic E-state index is 12.5. The summed E-state index contributed by atoms with van der Waals surface area (Å²) in [5.74, 6) is 0.970. The van der Waals surface area contributed by atoms with Crippen molar-refractivity contribution in [3.8, 4) is 5.75 Å². The number of ether oxygens (including phenoxy) is 1. The number of hydrogen-bond acceptors (Lipinski definition) is 6. The third kappa shape index (κ3) is 5.21. The summed E-state index contributed by atoms with van der Waals surface area (Å²) in [5, 5.41) is 17.8. The minimum Gasteiger partial charge on any atom is -0.497 e. The average molecular weight is 434 g/mol. The van der Waals surface area contributed by atoms with E-state index in [9.17, 15) is 4.79 Å². The first-order valence-corrected chi connectivity index (χ1v) is 10.9. The van der Waals surface area contributed by atoms with Gasteiger partial charge in [-0.05, 0) is 57.4 Å². The molecular weight excluding hydrogens is 410 g/mol. The van der Waals surface area contributed by atoms with Gasteiger partial charge in [-0.1, -0.05) is 60.3 Å². The van der Waals surface area contributed by atoms with E-state index in [1.165, 1.54) is 17.1 Å². The minimum absolute atomic E-state index is 0.0651. The lowest BCUT2D eigenvalue weighted by molar-refractivity contribution is -0.119. The van der Waals surface area contributed by atoms with Crippen LogP contribution >= 0.6 is 11.8 Å². The molecular formula is C23H23N5O2S. The fraction of sp³-hybridized carbons (Fsp3) is 0.217. The van der Waals surface area contributed by atoms with Crippen LogP contribution in [0.4, 0.5) is 0 Å². The molecule has 0 saturated carbocycles. The van der Waals surface area contributed by atoms with Crippen molar-refractivity contribution >= 4 is 28.4 Å². The van der Waals surface area contributed by atoms with Crippen molar-refractivity contribution in [2.45, 2.75) is 24.7 Å². The van der Waals surface area contributed by atoms with Crippen molar-refractivity contribution in [2.75, 3.05) is 12.9 Å². The normalized spacial score (nSPS) is 11.9. The van der Waals surface area contributed by atoms with Crippen LogP contribution in [0.5, 0.6) is 5.75 Å². The Bertz CT molecular complexity index is 1180. The second-order valence-electron chi connectivity index (χ2n) is 7.15. The van der Waals surface area contributed by atoms with E-state index in [4.69, 9.17) is 4.74 Å². The highest BCUT2D eigenvalue weighted by Gasteiger charge is 2.14. The summed E-state index contributed by atoms with van der Waals surface area (Å²) in [5.41, 5.74) is 2.12. The molecule has 0 radical (unpaired) electrons. The Morgan fingerprint density at radius 1 is 1.10 bits per heavy atom. The Hall–Kier alpha value is -3.39. The molecule has 3 aromatic carbocycles. The first-order valence-electron chi connectivity index (χ1n) is 9.92. The standard InChI is InChI=1S/C23H23N5O2S/c1-16(19-10-9-18-5-3-4-6-20(18)13-19)24-22(29)15-31-23-25-26-27-28(23)14-17-7-11-21(30-2)12-8-17/h3-13,16H,14-15H2,1-2H3,(H,24,29)/t16-/m1/s1. The average Bonchev–Trinajstić information content (AvgIpc) is 3.24. The van der Waals surface area contributed by atoms with Gasteiger partial charge in [0.25, 0.3) is 0 Å². The number of carbonyl (C=O) groups is 1. The molecule has 0 fully saturated rings. The Kier molecular flexibility index (Phi) is 6.47. The number of methoxy groups -OCH3 is 1. The highest BCUT2D eigenvalue weighted by atomic mass is 32.2. The lowest BCUT2D eigenvalue weighted by Crippen LogP contribution is -2.28. The molecule has 0 aliphatic carbocycles. The van der Waals surface area contributed by atoms with Crippen molar-refractivity contribution in [1.82, 2.24) is 25.5 Å². The lowest BCUT2D eigenvalue weighted by atomic mass is 10.0. The molecule has 1 atom stereocenters. The first kappa shape index (κ1) is 20.9. The number of nitrogens with zero attached hydrogens (tertiary/aromatic N) is 4. The molecule has 0 bridgehead atoms. The number of aromatic nitrogens is 4. The maximum Gasteiger partial charge on any atom is 0.230 e. The highest BCUT2D eigenvalue weighted by Crippen LogP contribution is 2.21. The van der Waals surface area contributed by atoms with Gasteiger partial charge >= 0.3 is 0 Å². The monoisotopic (exact) mass is 433 g/mol. The van der Waals surface area contributed by atoms with Crippen molar-refractivity contribution in [3.63, 3.8) is 0 Å². The molecule has 1 N–H and O–H groups in total. The Morgan fingerprint density at radius 3 is 2.65 bits per heavy atom. The van der Waals surface area contributed by atoms with Crippen LogP contribution in [0.2, 0.25) is 0 Å². The van der Waals surface area contributed by atoms with E-state index in [0.717, 1.165) is 22.3 Å². The zero-order chi connectivity index (χ0) is 21.6. The molecule has 7 nitrogen and oxygen atoms in total. The molecule has 0 unspecified atom stereocenters. The SMILES string of the molecule is COc1ccc(Cn2nnnc2SCC(=O)N[C@H](C)c2ccc3ccccc3c2)cc1. The van der Waals surface area contributed by atoms with E-state index in [1.807, 2.05) is 43.3 Å². The van der Waals surface area contributed by atoms with E-state index in [2.05, 4.69) is 51.2 Å². The molecule has 1 aromatic heterocycles. The molecule has 4 aromatic rings. The van der Waals surface area contributed by atoms with Crippen LogP contribution in [-0.4, -0.2) is 39.0 Å². The summed E-state index contributed by atoms with van der Waals surface area (Å²) in [4.78, 5) is 12.5. The largest absolute Gasteiger partial charge is 0.497 e. The molecule has 4 rings (SSSR count). The molecule has 0 aliphatic heterocycles. The van der Waals surface area contributed by atoms with E-state index < -0.39 is 0 Å². The number of hydrogen-bond donors (Lipinski definition) is 1. The van der Waals surface area contributed by atoms with Crippen molar-refractivity contribution < 1.29 is 9.53 Å². The van der Waals surface area contributed by atoms with Crippen LogP contribution < -0.4 is 10.1 Å². The number of amides is 1. The third-order valence-corrected chi connectivity index (χ3v) is 5.93. The zero-order valence-corrected chi connectivity index (χ0v) is 18.2. The van der Waals surface area contributed by atoms with Crippen LogP contribution in [0, 0.1) is 0 Å². The fourth-order valence-corrected chi connectivity index (χ4v) is 3.96. The van der Waals surface area contributed by atoms with Gasteiger partial charge in [0.2, 0.25) is 11.1 Å². The Morgan fingerprint density at radius 2 is 1.87 bits per heavy atom. The summed E-state index contributed by atoms with van der Waals surface area (Å²) in [6.45, 7) is 2.51. The number of thioether (sulfide) groups is 1. The Labute approximate surface area is 184 Å². The van der Waals surface area contributed by atoms with E-state index >= 15 is 0 Å². The van der Waals surface area contributed by atoms with Gasteiger partial charge in [-0.3, -0.25) is 4.79 Å². The quantitative estimate of drug-likeness (QED) is 0.425. The maximum atomic E-state index is 12.5. The van der Waals surface area contributed by atoms with Gasteiger partial charge in [-0.2, -0.15) is 0 Å². The molecule has 0 spiro atoms.